The number of nitrogens with zero attached hydrogens (tertiary/aromatic N) is 2. The molecule has 0 saturated carbocycles. The summed E-state index contributed by atoms with van der Waals surface area (Å²) in [5, 5.41) is 20.1. The van der Waals surface area contributed by atoms with Gasteiger partial charge in [-0.15, -0.1) is 0 Å². The zero-order chi connectivity index (χ0) is 18.0. The van der Waals surface area contributed by atoms with Crippen LogP contribution in [0.2, 0.25) is 0 Å². The maximum atomic E-state index is 12.2. The molecular formula is C20H22N4O. The van der Waals surface area contributed by atoms with E-state index < -0.39 is 5.54 Å². The van der Waals surface area contributed by atoms with Gasteiger partial charge in [0, 0.05) is 13.0 Å². The Balaban J connectivity index is 1.89. The molecule has 1 aromatic rings. The van der Waals surface area contributed by atoms with E-state index >= 15 is 0 Å². The highest BCUT2D eigenvalue weighted by molar-refractivity contribution is 5.98. The number of nitrogens with one attached hydrogen (secondary N) is 2. The highest BCUT2D eigenvalue weighted by Gasteiger charge is 2.41. The molecule has 0 radical (unpaired) electrons. The molecule has 1 fully saturated rings. The largest absolute Gasteiger partial charge is 0.350 e. The van der Waals surface area contributed by atoms with Gasteiger partial charge in [-0.3, -0.25) is 15.1 Å². The van der Waals surface area contributed by atoms with Gasteiger partial charge >= 0.3 is 0 Å². The van der Waals surface area contributed by atoms with E-state index in [0.717, 1.165) is 23.1 Å². The van der Waals surface area contributed by atoms with E-state index in [1.807, 2.05) is 31.2 Å². The first-order valence-corrected chi connectivity index (χ1v) is 8.41. The van der Waals surface area contributed by atoms with Crippen molar-refractivity contribution in [2.45, 2.75) is 31.7 Å². The number of carbonyl (C=O) groups excluding carboxylic acids is 1. The Hall–Kier alpha value is -2.87. The first-order chi connectivity index (χ1) is 11.9. The molecule has 1 saturated heterocycles. The highest BCUT2D eigenvalue weighted by atomic mass is 16.2. The van der Waals surface area contributed by atoms with Gasteiger partial charge in [-0.05, 0) is 30.0 Å². The van der Waals surface area contributed by atoms with E-state index in [1.165, 1.54) is 4.90 Å². The van der Waals surface area contributed by atoms with Crippen molar-refractivity contribution in [1.82, 2.24) is 10.2 Å². The van der Waals surface area contributed by atoms with Crippen LogP contribution in [0, 0.1) is 22.7 Å². The number of guanidine groups is 1. The predicted octanol–water partition coefficient (Wildman–Crippen LogP) is 2.86. The fourth-order valence-electron chi connectivity index (χ4n) is 3.45. The first kappa shape index (κ1) is 17.0. The van der Waals surface area contributed by atoms with Crippen LogP contribution in [-0.4, -0.2) is 29.4 Å². The summed E-state index contributed by atoms with van der Waals surface area (Å²) in [5.74, 6) is 0.233. The van der Waals surface area contributed by atoms with Gasteiger partial charge in [0.05, 0.1) is 24.4 Å². The number of nitriles is 1. The second kappa shape index (κ2) is 6.56. The lowest BCUT2D eigenvalue weighted by Gasteiger charge is -2.44. The van der Waals surface area contributed by atoms with E-state index in [9.17, 15) is 4.79 Å². The van der Waals surface area contributed by atoms with Gasteiger partial charge in [0.1, 0.15) is 0 Å². The summed E-state index contributed by atoms with van der Waals surface area (Å²) in [4.78, 5) is 13.6. The van der Waals surface area contributed by atoms with Gasteiger partial charge in [-0.2, -0.15) is 5.26 Å². The molecule has 2 N–H and O–H groups in total. The smallest absolute Gasteiger partial charge is 0.231 e. The third-order valence-corrected chi connectivity index (χ3v) is 5.06. The van der Waals surface area contributed by atoms with Gasteiger partial charge in [0.25, 0.3) is 0 Å². The maximum absolute atomic E-state index is 12.2. The van der Waals surface area contributed by atoms with E-state index in [2.05, 4.69) is 29.6 Å². The monoisotopic (exact) mass is 334 g/mol. The Morgan fingerprint density at radius 1 is 1.48 bits per heavy atom. The summed E-state index contributed by atoms with van der Waals surface area (Å²) in [6.45, 7) is 2.01. The fraction of sp³-hybridized carbons (Fsp3) is 0.350. The molecule has 1 aromatic carbocycles. The van der Waals surface area contributed by atoms with Crippen molar-refractivity contribution >= 4 is 17.4 Å². The average molecular weight is 334 g/mol. The molecule has 2 aliphatic rings. The maximum Gasteiger partial charge on any atom is 0.231 e. The second-order valence-corrected chi connectivity index (χ2v) is 6.92. The van der Waals surface area contributed by atoms with Crippen molar-refractivity contribution in [1.29, 1.82) is 10.7 Å². The molecule has 25 heavy (non-hydrogen) atoms. The Kier molecular flexibility index (Phi) is 4.45. The van der Waals surface area contributed by atoms with Crippen LogP contribution in [0.5, 0.6) is 0 Å². The summed E-state index contributed by atoms with van der Waals surface area (Å²) in [5.41, 5.74) is 2.70. The van der Waals surface area contributed by atoms with Crippen molar-refractivity contribution in [2.24, 2.45) is 5.92 Å². The number of benzene rings is 1. The Morgan fingerprint density at radius 2 is 2.28 bits per heavy atom. The van der Waals surface area contributed by atoms with Crippen LogP contribution < -0.4 is 5.32 Å². The van der Waals surface area contributed by atoms with Crippen LogP contribution >= 0.6 is 0 Å². The van der Waals surface area contributed by atoms with Gasteiger partial charge < -0.3 is 5.32 Å². The van der Waals surface area contributed by atoms with Crippen LogP contribution in [0.1, 0.15) is 30.9 Å². The van der Waals surface area contributed by atoms with Crippen molar-refractivity contribution in [3.8, 4) is 6.07 Å². The summed E-state index contributed by atoms with van der Waals surface area (Å²) in [7, 11) is 1.62. The standard InChI is InChI=1S/C20H22N4O/c1-20(13-18(25)24(2)19(22)23-20)17-8-4-7-16(12-17)15-6-3-5-14(11-15)9-10-21/h3-7,11-12,17H,8-9,13H2,1-2H3,(H2,22,23)/t17?,20-/m0/s1. The van der Waals surface area contributed by atoms with E-state index in [0.29, 0.717) is 12.8 Å². The summed E-state index contributed by atoms with van der Waals surface area (Å²) in [6.07, 6.45) is 7.98. The minimum Gasteiger partial charge on any atom is -0.350 e. The quantitative estimate of drug-likeness (QED) is 0.892. The minimum atomic E-state index is -0.471. The van der Waals surface area contributed by atoms with Crippen LogP contribution in [-0.2, 0) is 11.2 Å². The van der Waals surface area contributed by atoms with E-state index in [1.54, 1.807) is 7.05 Å². The number of rotatable bonds is 3. The lowest BCUT2D eigenvalue weighted by Crippen LogP contribution is -2.62. The van der Waals surface area contributed by atoms with Gasteiger partial charge in [-0.25, -0.2) is 0 Å². The summed E-state index contributed by atoms with van der Waals surface area (Å²) in [6, 6.07) is 10.2. The van der Waals surface area contributed by atoms with Crippen molar-refractivity contribution in [3.05, 3.63) is 53.6 Å². The third-order valence-electron chi connectivity index (χ3n) is 5.06. The van der Waals surface area contributed by atoms with Gasteiger partial charge in [-0.1, -0.05) is 42.5 Å². The van der Waals surface area contributed by atoms with Gasteiger partial charge in [0.15, 0.2) is 5.96 Å². The number of allylic oxidation sites excluding steroid dienone is 3. The molecule has 1 amide bonds. The van der Waals surface area contributed by atoms with Crippen molar-refractivity contribution in [2.75, 3.05) is 7.05 Å². The molecule has 5 heteroatoms. The first-order valence-electron chi connectivity index (χ1n) is 8.41. The Labute approximate surface area is 148 Å². The topological polar surface area (TPSA) is 80.0 Å². The summed E-state index contributed by atoms with van der Waals surface area (Å²) >= 11 is 0. The fourth-order valence-corrected chi connectivity index (χ4v) is 3.45. The Morgan fingerprint density at radius 3 is 3.00 bits per heavy atom. The molecule has 1 aliphatic carbocycles. The molecule has 1 unspecified atom stereocenters. The number of carbonyl (C=O) groups is 1. The van der Waals surface area contributed by atoms with E-state index in [-0.39, 0.29) is 17.8 Å². The van der Waals surface area contributed by atoms with E-state index in [4.69, 9.17) is 10.7 Å². The second-order valence-electron chi connectivity index (χ2n) is 6.92. The molecule has 5 nitrogen and oxygen atoms in total. The minimum absolute atomic E-state index is 0.0354. The molecule has 2 atom stereocenters. The lowest BCUT2D eigenvalue weighted by atomic mass is 9.76. The average Bonchev–Trinajstić information content (AvgIpc) is 2.60. The summed E-state index contributed by atoms with van der Waals surface area (Å²) < 4.78 is 0. The predicted molar refractivity (Wildman–Crippen MR) is 97.6 cm³/mol. The molecule has 3 rings (SSSR count). The molecule has 0 spiro atoms. The highest BCUT2D eigenvalue weighted by Crippen LogP contribution is 2.35. The van der Waals surface area contributed by atoms with Crippen LogP contribution in [0.15, 0.2) is 42.5 Å². The zero-order valence-electron chi connectivity index (χ0n) is 14.5. The molecule has 1 aliphatic heterocycles. The SMILES string of the molecule is CN1C(=N)N[C@](C)(C2C=C(c3cccc(CC#N)c3)C=CC2)CC1=O. The number of hydrogen-bond acceptors (Lipinski definition) is 3. The van der Waals surface area contributed by atoms with Crippen LogP contribution in [0.3, 0.4) is 0 Å². The molecule has 0 bridgehead atoms. The van der Waals surface area contributed by atoms with Crippen LogP contribution in [0.4, 0.5) is 0 Å². The normalized spacial score (nSPS) is 26.0. The number of amides is 1. The van der Waals surface area contributed by atoms with Gasteiger partial charge in [0.2, 0.25) is 5.91 Å². The van der Waals surface area contributed by atoms with Crippen molar-refractivity contribution in [3.63, 3.8) is 0 Å². The Bertz CT molecular complexity index is 797. The molecular weight excluding hydrogens is 312 g/mol. The zero-order valence-corrected chi connectivity index (χ0v) is 14.5. The number of hydrogen-bond donors (Lipinski definition) is 2. The van der Waals surface area contributed by atoms with Crippen molar-refractivity contribution < 1.29 is 4.79 Å². The molecule has 0 aromatic heterocycles. The lowest BCUT2D eigenvalue weighted by molar-refractivity contribution is -0.129. The molecule has 1 heterocycles. The molecule has 128 valence electrons. The van der Waals surface area contributed by atoms with Crippen LogP contribution in [0.25, 0.3) is 5.57 Å². The third kappa shape index (κ3) is 3.34.